The van der Waals surface area contributed by atoms with Crippen LogP contribution < -0.4 is 11.4 Å². The van der Waals surface area contributed by atoms with E-state index in [1.54, 1.807) is 6.92 Å². The maximum Gasteiger partial charge on any atom is 0.338 e. The molecule has 0 saturated heterocycles. The Bertz CT molecular complexity index is 898. The van der Waals surface area contributed by atoms with Crippen molar-refractivity contribution >= 4 is 26.9 Å². The number of imidazole rings is 1. The molecule has 0 radical (unpaired) electrons. The highest BCUT2D eigenvalue weighted by Crippen LogP contribution is 2.14. The zero-order chi connectivity index (χ0) is 17.2. The molecule has 0 aliphatic carbocycles. The van der Waals surface area contributed by atoms with Gasteiger partial charge in [0, 0.05) is 12.9 Å². The first kappa shape index (κ1) is 17.1. The summed E-state index contributed by atoms with van der Waals surface area (Å²) in [6.07, 6.45) is 1.72. The largest absolute Gasteiger partial charge is 0.383 e. The maximum atomic E-state index is 12.3. The third-order valence-corrected chi connectivity index (χ3v) is 4.94. The fourth-order valence-electron chi connectivity index (χ4n) is 2.16. The van der Waals surface area contributed by atoms with Gasteiger partial charge >= 0.3 is 11.7 Å². The molecule has 1 unspecified atom stereocenters. The van der Waals surface area contributed by atoms with E-state index >= 15 is 0 Å². The molecule has 0 aromatic carbocycles. The minimum absolute atomic E-state index is 0.104. The van der Waals surface area contributed by atoms with Crippen LogP contribution >= 0.6 is 0 Å². The van der Waals surface area contributed by atoms with Crippen LogP contribution in [0.25, 0.3) is 11.2 Å². The van der Waals surface area contributed by atoms with Crippen LogP contribution in [-0.2, 0) is 21.0 Å². The Balaban J connectivity index is 2.74. The van der Waals surface area contributed by atoms with Gasteiger partial charge in [-0.05, 0) is 6.42 Å². The van der Waals surface area contributed by atoms with Crippen molar-refractivity contribution in [3.8, 4) is 0 Å². The van der Waals surface area contributed by atoms with E-state index < -0.39 is 21.4 Å². The summed E-state index contributed by atoms with van der Waals surface area (Å²) in [4.78, 5) is 31.8. The second kappa shape index (κ2) is 6.46. The zero-order valence-corrected chi connectivity index (χ0v) is 13.6. The lowest BCUT2D eigenvalue weighted by Crippen LogP contribution is -2.33. The molecule has 0 spiro atoms. The molecule has 23 heavy (non-hydrogen) atoms. The topological polar surface area (TPSA) is 146 Å². The summed E-state index contributed by atoms with van der Waals surface area (Å²) in [6, 6.07) is -0.965. The number of nitrogens with one attached hydrogen (secondary N) is 1. The van der Waals surface area contributed by atoms with E-state index in [1.807, 2.05) is 0 Å². The van der Waals surface area contributed by atoms with Crippen LogP contribution in [0.1, 0.15) is 13.3 Å². The second-order valence-corrected chi connectivity index (χ2v) is 6.97. The van der Waals surface area contributed by atoms with E-state index in [0.717, 1.165) is 4.57 Å². The van der Waals surface area contributed by atoms with Crippen molar-refractivity contribution in [2.75, 3.05) is 19.5 Å². The Morgan fingerprint density at radius 2 is 2.22 bits per heavy atom. The minimum atomic E-state index is -3.16. The lowest BCUT2D eigenvalue weighted by atomic mass is 10.5. The zero-order valence-electron chi connectivity index (χ0n) is 12.8. The smallest absolute Gasteiger partial charge is 0.338 e. The molecule has 2 heterocycles. The molecule has 0 bridgehead atoms. The molecule has 0 saturated carbocycles. The Hall–Kier alpha value is -2.27. The molecule has 2 aromatic rings. The van der Waals surface area contributed by atoms with Crippen LogP contribution in [0.3, 0.4) is 0 Å². The van der Waals surface area contributed by atoms with E-state index in [9.17, 15) is 13.8 Å². The van der Waals surface area contributed by atoms with Crippen molar-refractivity contribution in [2.24, 2.45) is 5.73 Å². The Labute approximate surface area is 132 Å². The average Bonchev–Trinajstić information content (AvgIpc) is 2.76. The first-order valence-corrected chi connectivity index (χ1v) is 8.59. The SMILES string of the molecule is CCCS(=N)(=O)c1ncc2c(n1)n(CCOC)c(=O)n2C(N)=O. The van der Waals surface area contributed by atoms with Gasteiger partial charge in [-0.25, -0.2) is 28.1 Å². The Kier molecular flexibility index (Phi) is 4.80. The van der Waals surface area contributed by atoms with Crippen molar-refractivity contribution in [2.45, 2.75) is 25.0 Å². The second-order valence-electron chi connectivity index (χ2n) is 4.84. The van der Waals surface area contributed by atoms with Gasteiger partial charge in [0.05, 0.1) is 19.3 Å². The molecule has 126 valence electrons. The molecule has 11 heteroatoms. The normalized spacial score (nSPS) is 14.0. The highest BCUT2D eigenvalue weighted by molar-refractivity contribution is 7.92. The van der Waals surface area contributed by atoms with E-state index in [4.69, 9.17) is 15.3 Å². The van der Waals surface area contributed by atoms with Crippen molar-refractivity contribution in [1.82, 2.24) is 19.1 Å². The molecule has 0 aliphatic rings. The van der Waals surface area contributed by atoms with Crippen molar-refractivity contribution in [3.05, 3.63) is 16.7 Å². The van der Waals surface area contributed by atoms with Gasteiger partial charge < -0.3 is 10.5 Å². The van der Waals surface area contributed by atoms with Gasteiger partial charge in [0.2, 0.25) is 5.16 Å². The van der Waals surface area contributed by atoms with Crippen molar-refractivity contribution < 1.29 is 13.7 Å². The number of fused-ring (bicyclic) bond motifs is 1. The van der Waals surface area contributed by atoms with Crippen LogP contribution in [-0.4, -0.2) is 48.8 Å². The summed E-state index contributed by atoms with van der Waals surface area (Å²) < 4.78 is 27.1. The monoisotopic (exact) mass is 342 g/mol. The van der Waals surface area contributed by atoms with E-state index in [-0.39, 0.29) is 35.2 Å². The minimum Gasteiger partial charge on any atom is -0.383 e. The third kappa shape index (κ3) is 3.10. The van der Waals surface area contributed by atoms with Crippen LogP contribution in [0.2, 0.25) is 0 Å². The number of aromatic nitrogens is 4. The fraction of sp³-hybridized carbons (Fsp3) is 0.500. The Morgan fingerprint density at radius 1 is 1.52 bits per heavy atom. The summed E-state index contributed by atoms with van der Waals surface area (Å²) in [7, 11) is -1.69. The first-order chi connectivity index (χ1) is 10.8. The number of amides is 1. The number of ether oxygens (including phenoxy) is 1. The first-order valence-electron chi connectivity index (χ1n) is 6.87. The average molecular weight is 342 g/mol. The molecule has 10 nitrogen and oxygen atoms in total. The van der Waals surface area contributed by atoms with Gasteiger partial charge in [0.1, 0.15) is 15.2 Å². The summed E-state index contributed by atoms with van der Waals surface area (Å²) in [5.41, 5.74) is 4.76. The molecule has 2 aromatic heterocycles. The summed E-state index contributed by atoms with van der Waals surface area (Å²) in [6.45, 7) is 2.14. The number of hydrogen-bond donors (Lipinski definition) is 2. The van der Waals surface area contributed by atoms with Gasteiger partial charge in [-0.1, -0.05) is 6.92 Å². The predicted molar refractivity (Wildman–Crippen MR) is 82.9 cm³/mol. The Morgan fingerprint density at radius 3 is 2.78 bits per heavy atom. The summed E-state index contributed by atoms with van der Waals surface area (Å²) in [5, 5.41) is -0.167. The van der Waals surface area contributed by atoms with Crippen LogP contribution in [0.15, 0.2) is 16.1 Å². The lowest BCUT2D eigenvalue weighted by molar-refractivity contribution is 0.187. The van der Waals surface area contributed by atoms with E-state index in [0.29, 0.717) is 6.42 Å². The van der Waals surface area contributed by atoms with Gasteiger partial charge in [-0.2, -0.15) is 4.98 Å². The van der Waals surface area contributed by atoms with Gasteiger partial charge in [-0.15, -0.1) is 0 Å². The van der Waals surface area contributed by atoms with Crippen LogP contribution in [0.4, 0.5) is 4.79 Å². The van der Waals surface area contributed by atoms with Crippen molar-refractivity contribution in [1.29, 1.82) is 4.78 Å². The highest BCUT2D eigenvalue weighted by Gasteiger charge is 2.21. The number of nitrogens with zero attached hydrogens (tertiary/aromatic N) is 4. The number of methoxy groups -OCH3 is 1. The number of carbonyl (C=O) groups is 1. The molecule has 1 amide bonds. The van der Waals surface area contributed by atoms with Crippen molar-refractivity contribution in [3.63, 3.8) is 0 Å². The van der Waals surface area contributed by atoms with Crippen LogP contribution in [0.5, 0.6) is 0 Å². The van der Waals surface area contributed by atoms with Crippen LogP contribution in [0, 0.1) is 4.78 Å². The molecular formula is C12H18N6O4S. The molecule has 0 aliphatic heterocycles. The van der Waals surface area contributed by atoms with Gasteiger partial charge in [0.15, 0.2) is 5.65 Å². The van der Waals surface area contributed by atoms with E-state index in [2.05, 4.69) is 9.97 Å². The number of primary amides is 1. The number of rotatable bonds is 6. The molecule has 0 fully saturated rings. The molecule has 1 atom stereocenters. The standard InChI is InChI=1S/C12H18N6O4S/c1-3-6-23(14,21)11-15-7-8-9(16-11)17(4-5-22-2)12(20)18(8)10(13)19/h7,14H,3-6H2,1-2H3,(H2,13,19). The fourth-order valence-corrected chi connectivity index (χ4v) is 3.37. The molecule has 3 N–H and O–H groups in total. The third-order valence-electron chi connectivity index (χ3n) is 3.17. The van der Waals surface area contributed by atoms with Gasteiger partial charge in [-0.3, -0.25) is 4.57 Å². The number of hydrogen-bond acceptors (Lipinski definition) is 7. The highest BCUT2D eigenvalue weighted by atomic mass is 32.2. The molecular weight excluding hydrogens is 324 g/mol. The number of carbonyl (C=O) groups excluding carboxylic acids is 1. The predicted octanol–water partition coefficient (Wildman–Crippen LogP) is -0.0181. The number of nitrogens with two attached hydrogens (primary N) is 1. The lowest BCUT2D eigenvalue weighted by Gasteiger charge is -2.05. The van der Waals surface area contributed by atoms with E-state index in [1.165, 1.54) is 17.9 Å². The maximum absolute atomic E-state index is 12.3. The summed E-state index contributed by atoms with van der Waals surface area (Å²) >= 11 is 0. The van der Waals surface area contributed by atoms with Gasteiger partial charge in [0.25, 0.3) is 0 Å². The summed E-state index contributed by atoms with van der Waals surface area (Å²) in [5.74, 6) is 0.108. The quantitative estimate of drug-likeness (QED) is 0.705. The molecule has 2 rings (SSSR count).